The number of aromatic nitrogens is 2. The lowest BCUT2D eigenvalue weighted by molar-refractivity contribution is -0.141. The van der Waals surface area contributed by atoms with Gasteiger partial charge in [-0.3, -0.25) is 29.3 Å². The Bertz CT molecular complexity index is 3050. The highest BCUT2D eigenvalue weighted by atomic mass is 35.5. The van der Waals surface area contributed by atoms with Crippen molar-refractivity contribution in [2.75, 3.05) is 64.4 Å². The summed E-state index contributed by atoms with van der Waals surface area (Å²) >= 11 is 6.80. The van der Waals surface area contributed by atoms with Gasteiger partial charge in [0.15, 0.2) is 23.0 Å². The van der Waals surface area contributed by atoms with Crippen LogP contribution in [0, 0.1) is 23.0 Å². The second kappa shape index (κ2) is 21.0. The number of piperidine rings is 2. The zero-order chi connectivity index (χ0) is 53.0. The van der Waals surface area contributed by atoms with Crippen LogP contribution < -0.4 is 30.3 Å². The second-order valence-electron chi connectivity index (χ2n) is 22.1. The van der Waals surface area contributed by atoms with E-state index in [1.807, 2.05) is 49.0 Å². The summed E-state index contributed by atoms with van der Waals surface area (Å²) in [6, 6.07) is 20.3. The molecule has 6 aliphatic rings. The Hall–Kier alpha value is -6.14. The Morgan fingerprint density at radius 3 is 2.37 bits per heavy atom. The van der Waals surface area contributed by atoms with E-state index in [1.165, 1.54) is 43.7 Å². The topological polar surface area (TPSA) is 171 Å². The van der Waals surface area contributed by atoms with Crippen LogP contribution in [0.5, 0.6) is 11.5 Å². The largest absolute Gasteiger partial charge is 0.488 e. The van der Waals surface area contributed by atoms with Crippen LogP contribution in [0.1, 0.15) is 116 Å². The number of aliphatic hydroxyl groups is 1. The summed E-state index contributed by atoms with van der Waals surface area (Å²) in [6.45, 7) is 5.77. The smallest absolute Gasteiger partial charge is 0.329 e. The average molecular weight is 1060 g/mol. The van der Waals surface area contributed by atoms with E-state index in [1.54, 1.807) is 4.90 Å². The van der Waals surface area contributed by atoms with Gasteiger partial charge < -0.3 is 35.0 Å². The third-order valence-corrected chi connectivity index (χ3v) is 18.3. The first kappa shape index (κ1) is 51.9. The van der Waals surface area contributed by atoms with Gasteiger partial charge in [0.1, 0.15) is 18.2 Å². The predicted octanol–water partition coefficient (Wildman–Crippen LogP) is 8.54. The van der Waals surface area contributed by atoms with Gasteiger partial charge in [0.05, 0.1) is 22.7 Å². The van der Waals surface area contributed by atoms with E-state index in [0.29, 0.717) is 41.8 Å². The average Bonchev–Trinajstić information content (AvgIpc) is 3.99. The van der Waals surface area contributed by atoms with Gasteiger partial charge >= 0.3 is 6.03 Å². The van der Waals surface area contributed by atoms with Gasteiger partial charge in [-0.1, -0.05) is 54.9 Å². The number of hydrogen-bond donors (Lipinski definition) is 4. The van der Waals surface area contributed by atoms with Crippen LogP contribution in [0.4, 0.5) is 19.4 Å². The fourth-order valence-electron chi connectivity index (χ4n) is 13.6. The number of carbonyl (C=O) groups excluding carboxylic acids is 4. The molecule has 402 valence electrons. The maximum Gasteiger partial charge on any atom is 0.329 e. The molecule has 3 saturated heterocycles. The first-order chi connectivity index (χ1) is 36.7. The minimum atomic E-state index is -1.08. The Balaban J connectivity index is 0.685. The van der Waals surface area contributed by atoms with E-state index in [9.17, 15) is 24.3 Å². The zero-order valence-electron chi connectivity index (χ0n) is 43.4. The molecule has 5 heterocycles. The summed E-state index contributed by atoms with van der Waals surface area (Å²) in [6.07, 6.45) is 10.1. The number of amides is 5. The third-order valence-electron chi connectivity index (χ3n) is 18.0. The van der Waals surface area contributed by atoms with Crippen molar-refractivity contribution in [1.82, 2.24) is 35.5 Å². The van der Waals surface area contributed by atoms with Crippen LogP contribution in [0.2, 0.25) is 5.02 Å². The summed E-state index contributed by atoms with van der Waals surface area (Å²) in [5, 5.41) is 23.4. The maximum absolute atomic E-state index is 16.7. The normalized spacial score (nSPS) is 24.1. The molecule has 5 fully saturated rings. The first-order valence-electron chi connectivity index (χ1n) is 27.1. The second-order valence-corrected chi connectivity index (χ2v) is 22.5. The Labute approximate surface area is 446 Å². The van der Waals surface area contributed by atoms with Gasteiger partial charge in [0.25, 0.3) is 5.91 Å². The fraction of sp³-hybridized carbons (Fsp3) is 0.500. The molecule has 1 aromatic heterocycles. The van der Waals surface area contributed by atoms with Crippen molar-refractivity contribution in [3.05, 3.63) is 106 Å². The molecule has 15 nitrogen and oxygen atoms in total. The van der Waals surface area contributed by atoms with Crippen molar-refractivity contribution in [3.63, 3.8) is 0 Å². The molecule has 2 aliphatic carbocycles. The molecule has 4 N–H and O–H groups in total. The number of carbonyl (C=O) groups is 4. The van der Waals surface area contributed by atoms with Gasteiger partial charge in [-0.2, -0.15) is 5.10 Å². The molecule has 18 heteroatoms. The summed E-state index contributed by atoms with van der Waals surface area (Å²) in [4.78, 5) is 58.1. The van der Waals surface area contributed by atoms with E-state index in [0.717, 1.165) is 94.0 Å². The highest BCUT2D eigenvalue weighted by molar-refractivity contribution is 6.34. The molecule has 2 unspecified atom stereocenters. The lowest BCUT2D eigenvalue weighted by atomic mass is 9.59. The minimum absolute atomic E-state index is 0.00511. The van der Waals surface area contributed by atoms with Gasteiger partial charge in [-0.25, -0.2) is 13.6 Å². The molecule has 2 atom stereocenters. The standard InChI is InChI=1S/C58H67ClF2N8O7/c1-34-48-46(30-43(60)51(59)50(48)49-42(54(72)62-2)15-16-45(52(49)61)75-28-27-70)76-58(34,38-7-5-4-6-8-38)33-63-39-12-9-36(10-13-39)55(73)68-25-20-57(21-26-68)31-40(32-57)67-22-17-35(18-23-67)37-11-14-41-44(29-37)66(3)65-53(41)69-24-19-47(71)64-56(69)74/h4-8,11,14-16,29-30,34-36,39-40,63,70H,9-10,12-13,17-28,31-33H2,1-3H3,(H,62,72)(H,64,71,74). The lowest BCUT2D eigenvalue weighted by Gasteiger charge is -2.56. The number of aryl methyl sites for hydroxylation is 1. The summed E-state index contributed by atoms with van der Waals surface area (Å²) in [7, 11) is 3.33. The number of urea groups is 1. The number of hydrogen-bond acceptors (Lipinski definition) is 10. The quantitative estimate of drug-likeness (QED) is 0.0897. The number of fused-ring (bicyclic) bond motifs is 2. The van der Waals surface area contributed by atoms with E-state index < -0.39 is 35.1 Å². The van der Waals surface area contributed by atoms with Crippen molar-refractivity contribution in [2.45, 2.75) is 107 Å². The summed E-state index contributed by atoms with van der Waals surface area (Å²) in [5.74, 6) is -1.88. The van der Waals surface area contributed by atoms with Crippen LogP contribution in [0.25, 0.3) is 22.0 Å². The third kappa shape index (κ3) is 9.38. The van der Waals surface area contributed by atoms with E-state index in [4.69, 9.17) is 21.1 Å². The van der Waals surface area contributed by atoms with Crippen molar-refractivity contribution in [3.8, 4) is 22.6 Å². The zero-order valence-corrected chi connectivity index (χ0v) is 44.2. The molecule has 2 saturated carbocycles. The molecule has 4 aliphatic heterocycles. The Morgan fingerprint density at radius 2 is 1.67 bits per heavy atom. The molecular formula is C58H67ClF2N8O7. The van der Waals surface area contributed by atoms with E-state index >= 15 is 8.78 Å². The number of benzene rings is 4. The Kier molecular flexibility index (Phi) is 14.4. The van der Waals surface area contributed by atoms with Gasteiger partial charge in [0, 0.05) is 98.8 Å². The van der Waals surface area contributed by atoms with Crippen LogP contribution in [-0.4, -0.2) is 120 Å². The molecule has 5 aromatic rings. The van der Waals surface area contributed by atoms with Crippen molar-refractivity contribution >= 4 is 52.1 Å². The van der Waals surface area contributed by atoms with Crippen LogP contribution >= 0.6 is 11.6 Å². The number of rotatable bonds is 13. The highest BCUT2D eigenvalue weighted by Crippen LogP contribution is 2.57. The van der Waals surface area contributed by atoms with E-state index in [2.05, 4.69) is 49.0 Å². The first-order valence-corrected chi connectivity index (χ1v) is 27.5. The predicted molar refractivity (Wildman–Crippen MR) is 285 cm³/mol. The minimum Gasteiger partial charge on any atom is -0.488 e. The van der Waals surface area contributed by atoms with Gasteiger partial charge in [0.2, 0.25) is 11.8 Å². The molecular weight excluding hydrogens is 994 g/mol. The number of aliphatic hydroxyl groups excluding tert-OH is 1. The molecule has 76 heavy (non-hydrogen) atoms. The molecule has 5 amide bonds. The van der Waals surface area contributed by atoms with Gasteiger partial charge in [-0.05, 0) is 124 Å². The molecule has 0 bridgehead atoms. The number of ether oxygens (including phenoxy) is 2. The molecule has 0 radical (unpaired) electrons. The monoisotopic (exact) mass is 1060 g/mol. The van der Waals surface area contributed by atoms with Crippen LogP contribution in [0.3, 0.4) is 0 Å². The summed E-state index contributed by atoms with van der Waals surface area (Å²) in [5.41, 5.74) is 2.51. The van der Waals surface area contributed by atoms with E-state index in [-0.39, 0.29) is 76.6 Å². The number of imide groups is 1. The van der Waals surface area contributed by atoms with Crippen LogP contribution in [0.15, 0.2) is 66.7 Å². The lowest BCUT2D eigenvalue weighted by Crippen LogP contribution is -2.57. The van der Waals surface area contributed by atoms with Crippen molar-refractivity contribution < 1.29 is 42.5 Å². The van der Waals surface area contributed by atoms with Crippen molar-refractivity contribution in [2.24, 2.45) is 18.4 Å². The number of nitrogens with zero attached hydrogens (tertiary/aromatic N) is 5. The SMILES string of the molecule is CNC(=O)c1ccc(OCCO)c(F)c1-c1c(Cl)c(F)cc2c1C(C)C(CNC1CCC(C(=O)N3CCC4(CC3)CC(N3CCC(c5ccc6c(N7CCC(=O)NC7=O)nn(C)c6c5)CC3)C4)CC1)(c1ccccc1)O2. The number of halogens is 3. The molecule has 1 spiro atoms. The van der Waals surface area contributed by atoms with Gasteiger partial charge in [-0.15, -0.1) is 0 Å². The number of likely N-dealkylation sites (tertiary alicyclic amines) is 2. The molecule has 4 aromatic carbocycles. The maximum atomic E-state index is 16.7. The highest BCUT2D eigenvalue weighted by Gasteiger charge is 2.52. The van der Waals surface area contributed by atoms with Crippen LogP contribution in [-0.2, 0) is 22.2 Å². The molecule has 11 rings (SSSR count). The Morgan fingerprint density at radius 1 is 0.934 bits per heavy atom. The number of anilines is 1. The van der Waals surface area contributed by atoms with Crippen molar-refractivity contribution in [1.29, 1.82) is 0 Å². The fourth-order valence-corrected chi connectivity index (χ4v) is 13.8. The number of nitrogens with one attached hydrogen (secondary N) is 3. The summed E-state index contributed by atoms with van der Waals surface area (Å²) < 4.78 is 46.9.